The predicted molar refractivity (Wildman–Crippen MR) is 186 cm³/mol. The van der Waals surface area contributed by atoms with Gasteiger partial charge in [0.05, 0.1) is 11.1 Å². The van der Waals surface area contributed by atoms with Crippen molar-refractivity contribution in [1.82, 2.24) is 10.6 Å². The summed E-state index contributed by atoms with van der Waals surface area (Å²) >= 11 is 6.27. The Kier molecular flexibility index (Phi) is 22.0. The third kappa shape index (κ3) is 13.3. The molecule has 3 unspecified atom stereocenters. The van der Waals surface area contributed by atoms with E-state index in [4.69, 9.17) is 0 Å². The summed E-state index contributed by atoms with van der Waals surface area (Å²) in [6, 6.07) is 4.93. The van der Waals surface area contributed by atoms with Crippen molar-refractivity contribution >= 4 is 30.7 Å². The lowest BCUT2D eigenvalue weighted by atomic mass is 9.80. The first kappa shape index (κ1) is 38.3. The normalized spacial score (nSPS) is 18.4. The minimum absolute atomic E-state index is 0.167. The molecule has 3 nitrogen and oxygen atoms in total. The number of hydrogen-bond acceptors (Lipinski definition) is 5. The van der Waals surface area contributed by atoms with Crippen LogP contribution in [0.5, 0.6) is 0 Å². The molecule has 0 fully saturated rings. The third-order valence-corrected chi connectivity index (χ3v) is 8.75. The number of unbranched alkanes of at least 4 members (excludes halogenated alkanes) is 2. The van der Waals surface area contributed by atoms with Crippen molar-refractivity contribution in [2.24, 2.45) is 0 Å². The number of thioether (sulfide) groups is 1. The average Bonchev–Trinajstić information content (AvgIpc) is 3.37. The SMILES string of the molecule is C=C.C=CC.CC.CCCCCc1cc(C)c(C2C=C(C)CCC2)c(CCNCC2=C(C=O)NC(C(C)S)S2)c1. The molecular formula is C35H58N2OS2. The first-order valence-corrected chi connectivity index (χ1v) is 16.6. The van der Waals surface area contributed by atoms with Crippen LogP contribution in [0.15, 0.2) is 60.2 Å². The Morgan fingerprint density at radius 1 is 1.20 bits per heavy atom. The number of allylic oxidation sites excluding steroid dienone is 4. The summed E-state index contributed by atoms with van der Waals surface area (Å²) < 4.78 is 0. The number of rotatable bonds is 12. The summed E-state index contributed by atoms with van der Waals surface area (Å²) in [7, 11) is 0. The number of hydrogen-bond donors (Lipinski definition) is 3. The number of carbonyl (C=O) groups excluding carboxylic acids is 1. The Bertz CT molecular complexity index is 936. The van der Waals surface area contributed by atoms with Gasteiger partial charge in [0, 0.05) is 22.6 Å². The van der Waals surface area contributed by atoms with E-state index in [2.05, 4.69) is 88.9 Å². The number of aldehydes is 1. The molecular weight excluding hydrogens is 529 g/mol. The maximum Gasteiger partial charge on any atom is 0.166 e. The van der Waals surface area contributed by atoms with Gasteiger partial charge < -0.3 is 10.6 Å². The topological polar surface area (TPSA) is 41.1 Å². The molecule has 226 valence electrons. The van der Waals surface area contributed by atoms with Gasteiger partial charge in [-0.05, 0) is 88.1 Å². The highest BCUT2D eigenvalue weighted by Crippen LogP contribution is 2.36. The largest absolute Gasteiger partial charge is 0.369 e. The second-order valence-corrected chi connectivity index (χ2v) is 12.2. The zero-order valence-corrected chi connectivity index (χ0v) is 28.3. The zero-order valence-electron chi connectivity index (χ0n) is 26.6. The maximum absolute atomic E-state index is 11.5. The molecule has 0 amide bonds. The first-order valence-electron chi connectivity index (χ1n) is 15.2. The van der Waals surface area contributed by atoms with Gasteiger partial charge in [-0.25, -0.2) is 0 Å². The van der Waals surface area contributed by atoms with Crippen molar-refractivity contribution in [3.05, 3.63) is 82.5 Å². The highest BCUT2D eigenvalue weighted by Gasteiger charge is 2.26. The summed E-state index contributed by atoms with van der Waals surface area (Å²) in [4.78, 5) is 12.6. The lowest BCUT2D eigenvalue weighted by Gasteiger charge is -2.25. The molecule has 2 aliphatic rings. The minimum Gasteiger partial charge on any atom is -0.369 e. The predicted octanol–water partition coefficient (Wildman–Crippen LogP) is 9.49. The van der Waals surface area contributed by atoms with E-state index in [-0.39, 0.29) is 10.6 Å². The second kappa shape index (κ2) is 22.9. The van der Waals surface area contributed by atoms with Crippen LogP contribution in [0.2, 0.25) is 0 Å². The Hall–Kier alpha value is -1.69. The van der Waals surface area contributed by atoms with E-state index < -0.39 is 0 Å². The fourth-order valence-corrected chi connectivity index (χ4v) is 6.48. The van der Waals surface area contributed by atoms with Crippen molar-refractivity contribution < 1.29 is 4.79 Å². The fraction of sp³-hybridized carbons (Fsp3) is 0.571. The molecule has 0 saturated carbocycles. The van der Waals surface area contributed by atoms with Gasteiger partial charge in [-0.1, -0.05) is 70.4 Å². The van der Waals surface area contributed by atoms with Gasteiger partial charge >= 0.3 is 0 Å². The van der Waals surface area contributed by atoms with Crippen LogP contribution in [0.3, 0.4) is 0 Å². The van der Waals surface area contributed by atoms with E-state index in [1.165, 1.54) is 67.2 Å². The molecule has 2 N–H and O–H groups in total. The van der Waals surface area contributed by atoms with E-state index in [0.29, 0.717) is 5.92 Å². The molecule has 40 heavy (non-hydrogen) atoms. The molecule has 0 spiro atoms. The van der Waals surface area contributed by atoms with E-state index in [1.807, 2.05) is 20.8 Å². The monoisotopic (exact) mass is 586 g/mol. The molecule has 1 aromatic rings. The summed E-state index contributed by atoms with van der Waals surface area (Å²) in [6.45, 7) is 25.8. The Balaban J connectivity index is 0.00000199. The molecule has 0 aromatic heterocycles. The molecule has 1 heterocycles. The Labute approximate surface area is 257 Å². The summed E-state index contributed by atoms with van der Waals surface area (Å²) in [5.74, 6) is 0.551. The van der Waals surface area contributed by atoms with Gasteiger partial charge in [-0.15, -0.1) is 31.5 Å². The second-order valence-electron chi connectivity index (χ2n) is 10.2. The Morgan fingerprint density at radius 3 is 2.45 bits per heavy atom. The van der Waals surface area contributed by atoms with Gasteiger partial charge in [0.15, 0.2) is 6.29 Å². The number of thiol groups is 1. The highest BCUT2D eigenvalue weighted by atomic mass is 32.2. The van der Waals surface area contributed by atoms with E-state index in [9.17, 15) is 4.79 Å². The minimum atomic E-state index is 0.167. The fourth-order valence-electron chi connectivity index (χ4n) is 5.11. The molecule has 0 saturated heterocycles. The summed E-state index contributed by atoms with van der Waals surface area (Å²) in [5.41, 5.74) is 8.27. The van der Waals surface area contributed by atoms with Crippen LogP contribution in [0.1, 0.15) is 108 Å². The molecule has 1 aliphatic heterocycles. The molecule has 5 heteroatoms. The van der Waals surface area contributed by atoms with Gasteiger partial charge in [0.1, 0.15) is 0 Å². The average molecular weight is 587 g/mol. The number of benzene rings is 1. The molecule has 1 aliphatic carbocycles. The first-order chi connectivity index (χ1) is 19.3. The van der Waals surface area contributed by atoms with Crippen LogP contribution in [0.4, 0.5) is 0 Å². The van der Waals surface area contributed by atoms with Crippen LogP contribution in [-0.4, -0.2) is 30.0 Å². The van der Waals surface area contributed by atoms with Crippen molar-refractivity contribution in [2.45, 2.75) is 116 Å². The van der Waals surface area contributed by atoms with Crippen molar-refractivity contribution in [3.8, 4) is 0 Å². The third-order valence-electron chi connectivity index (χ3n) is 6.82. The van der Waals surface area contributed by atoms with E-state index in [1.54, 1.807) is 23.4 Å². The highest BCUT2D eigenvalue weighted by molar-refractivity contribution is 8.04. The number of carbonyl (C=O) groups is 1. The van der Waals surface area contributed by atoms with Gasteiger partial charge in [-0.2, -0.15) is 12.6 Å². The molecule has 0 radical (unpaired) electrons. The smallest absolute Gasteiger partial charge is 0.166 e. The van der Waals surface area contributed by atoms with Crippen LogP contribution >= 0.6 is 24.4 Å². The zero-order chi connectivity index (χ0) is 30.5. The van der Waals surface area contributed by atoms with Crippen molar-refractivity contribution in [2.75, 3.05) is 13.1 Å². The van der Waals surface area contributed by atoms with Crippen LogP contribution in [-0.2, 0) is 17.6 Å². The summed E-state index contributed by atoms with van der Waals surface area (Å²) in [6.07, 6.45) is 15.0. The molecule has 1 aromatic carbocycles. The lowest BCUT2D eigenvalue weighted by Crippen LogP contribution is -2.28. The van der Waals surface area contributed by atoms with Crippen LogP contribution < -0.4 is 10.6 Å². The van der Waals surface area contributed by atoms with Gasteiger partial charge in [-0.3, -0.25) is 4.79 Å². The standard InChI is InChI=1S/C28H42N2OS2.C3H6.C2H6.C2H4/c1-5-6-7-10-22-15-20(3)27(23-11-8-9-19(2)14-23)24(16-22)12-13-29-17-26-25(18-31)30-28(33-26)21(4)32;1-3-2;2*1-2/h14-16,18,21,23,28-30,32H,5-13,17H2,1-4H3;3H,1H2,2H3;1-2H3;1-2H2. The lowest BCUT2D eigenvalue weighted by molar-refractivity contribution is -0.105. The van der Waals surface area contributed by atoms with E-state index >= 15 is 0 Å². The van der Waals surface area contributed by atoms with Crippen LogP contribution in [0, 0.1) is 6.92 Å². The van der Waals surface area contributed by atoms with Gasteiger partial charge in [0.25, 0.3) is 0 Å². The summed E-state index contributed by atoms with van der Waals surface area (Å²) in [5, 5.41) is 7.27. The molecule has 0 bridgehead atoms. The van der Waals surface area contributed by atoms with Gasteiger partial charge in [0.2, 0.25) is 0 Å². The Morgan fingerprint density at radius 2 is 1.88 bits per heavy atom. The maximum atomic E-state index is 11.5. The van der Waals surface area contributed by atoms with Crippen molar-refractivity contribution in [3.63, 3.8) is 0 Å². The van der Waals surface area contributed by atoms with E-state index in [0.717, 1.165) is 36.4 Å². The van der Waals surface area contributed by atoms with Crippen molar-refractivity contribution in [1.29, 1.82) is 0 Å². The number of aryl methyl sites for hydroxylation is 2. The number of nitrogens with one attached hydrogen (secondary N) is 2. The van der Waals surface area contributed by atoms with Crippen LogP contribution in [0.25, 0.3) is 0 Å². The molecule has 3 rings (SSSR count). The molecule has 3 atom stereocenters. The quantitative estimate of drug-likeness (QED) is 0.0987.